The number of amides is 2. The van der Waals surface area contributed by atoms with Crippen molar-refractivity contribution >= 4 is 16.8 Å². The van der Waals surface area contributed by atoms with Gasteiger partial charge >= 0.3 is 6.03 Å². The molecule has 2 aliphatic carbocycles. The minimum absolute atomic E-state index is 0.0278. The van der Waals surface area contributed by atoms with E-state index in [9.17, 15) is 9.90 Å². The van der Waals surface area contributed by atoms with Crippen molar-refractivity contribution < 1.29 is 9.90 Å². The highest BCUT2D eigenvalue weighted by atomic mass is 16.3. The van der Waals surface area contributed by atoms with Crippen LogP contribution in [-0.4, -0.2) is 23.2 Å². The van der Waals surface area contributed by atoms with Gasteiger partial charge < -0.3 is 15.7 Å². The smallest absolute Gasteiger partial charge is 0.315 e. The summed E-state index contributed by atoms with van der Waals surface area (Å²) in [5.41, 5.74) is 2.16. The van der Waals surface area contributed by atoms with Crippen molar-refractivity contribution in [2.75, 3.05) is 0 Å². The lowest BCUT2D eigenvalue weighted by Gasteiger charge is -2.28. The predicted molar refractivity (Wildman–Crippen MR) is 95.3 cm³/mol. The first-order valence-electron chi connectivity index (χ1n) is 9.00. The van der Waals surface area contributed by atoms with Gasteiger partial charge in [-0.05, 0) is 48.1 Å². The van der Waals surface area contributed by atoms with Gasteiger partial charge in [0.25, 0.3) is 0 Å². The van der Waals surface area contributed by atoms with E-state index >= 15 is 0 Å². The van der Waals surface area contributed by atoms with Gasteiger partial charge in [0.1, 0.15) is 5.75 Å². The molecule has 1 fully saturated rings. The summed E-state index contributed by atoms with van der Waals surface area (Å²) in [5.74, 6) is 0.328. The third-order valence-corrected chi connectivity index (χ3v) is 5.41. The molecule has 4 nitrogen and oxygen atoms in total. The second-order valence-corrected chi connectivity index (χ2v) is 7.14. The highest BCUT2D eigenvalue weighted by Gasteiger charge is 2.25. The third kappa shape index (κ3) is 2.93. The monoisotopic (exact) mass is 324 g/mol. The second-order valence-electron chi connectivity index (χ2n) is 7.14. The highest BCUT2D eigenvalue weighted by Crippen LogP contribution is 2.35. The fourth-order valence-electron chi connectivity index (χ4n) is 4.25. The van der Waals surface area contributed by atoms with Crippen LogP contribution in [0.25, 0.3) is 10.8 Å². The lowest BCUT2D eigenvalue weighted by Crippen LogP contribution is -2.48. The Hall–Kier alpha value is -2.23. The van der Waals surface area contributed by atoms with Crippen molar-refractivity contribution in [1.82, 2.24) is 10.6 Å². The van der Waals surface area contributed by atoms with Crippen molar-refractivity contribution in [2.24, 2.45) is 0 Å². The van der Waals surface area contributed by atoms with E-state index in [4.69, 9.17) is 0 Å². The average molecular weight is 324 g/mol. The van der Waals surface area contributed by atoms with E-state index < -0.39 is 0 Å². The van der Waals surface area contributed by atoms with E-state index in [1.165, 1.54) is 24.8 Å². The maximum Gasteiger partial charge on any atom is 0.315 e. The minimum Gasteiger partial charge on any atom is -0.508 e. The lowest BCUT2D eigenvalue weighted by molar-refractivity contribution is 0.228. The fraction of sp³-hybridized carbons (Fsp3) is 0.450. The molecule has 126 valence electrons. The Balaban J connectivity index is 1.48. The van der Waals surface area contributed by atoms with Crippen LogP contribution < -0.4 is 10.6 Å². The Morgan fingerprint density at radius 2 is 1.75 bits per heavy atom. The van der Waals surface area contributed by atoms with Crippen LogP contribution in [-0.2, 0) is 12.8 Å². The van der Waals surface area contributed by atoms with E-state index in [2.05, 4.69) is 22.8 Å². The Bertz CT molecular complexity index is 766. The summed E-state index contributed by atoms with van der Waals surface area (Å²) in [5, 5.41) is 18.8. The zero-order valence-electron chi connectivity index (χ0n) is 13.8. The number of hydrogen-bond acceptors (Lipinski definition) is 2. The SMILES string of the molecule is O=C(NC1CCCCC1)NC1Cc2cccc3ccc(O)c(c23)C1. The molecule has 1 unspecified atom stereocenters. The van der Waals surface area contributed by atoms with Crippen LogP contribution in [0.2, 0.25) is 0 Å². The number of phenolic OH excluding ortho intramolecular Hbond substituents is 1. The van der Waals surface area contributed by atoms with E-state index in [1.54, 1.807) is 6.07 Å². The van der Waals surface area contributed by atoms with Crippen LogP contribution in [0.3, 0.4) is 0 Å². The van der Waals surface area contributed by atoms with Gasteiger partial charge in [-0.25, -0.2) is 4.79 Å². The zero-order chi connectivity index (χ0) is 16.5. The molecule has 0 saturated heterocycles. The summed E-state index contributed by atoms with van der Waals surface area (Å²) >= 11 is 0. The molecule has 2 aliphatic rings. The standard InChI is InChI=1S/C20H24N2O2/c23-18-10-9-13-5-4-6-14-11-16(12-17(18)19(13)14)22-20(24)21-15-7-2-1-3-8-15/h4-6,9-10,15-16,23H,1-3,7-8,11-12H2,(H2,21,22,24). The van der Waals surface area contributed by atoms with Gasteiger partial charge in [0.2, 0.25) is 0 Å². The summed E-state index contributed by atoms with van der Waals surface area (Å²) in [6.07, 6.45) is 7.35. The van der Waals surface area contributed by atoms with Crippen molar-refractivity contribution in [3.05, 3.63) is 41.5 Å². The van der Waals surface area contributed by atoms with Crippen LogP contribution in [0.1, 0.15) is 43.2 Å². The summed E-state index contributed by atoms with van der Waals surface area (Å²) < 4.78 is 0. The van der Waals surface area contributed by atoms with Gasteiger partial charge in [-0.15, -0.1) is 0 Å². The number of urea groups is 1. The molecule has 0 spiro atoms. The summed E-state index contributed by atoms with van der Waals surface area (Å²) in [4.78, 5) is 12.3. The molecule has 4 heteroatoms. The number of aromatic hydroxyl groups is 1. The van der Waals surface area contributed by atoms with Gasteiger partial charge in [-0.1, -0.05) is 43.5 Å². The minimum atomic E-state index is -0.0713. The molecule has 1 saturated carbocycles. The fourth-order valence-corrected chi connectivity index (χ4v) is 4.25. The quantitative estimate of drug-likeness (QED) is 0.790. The normalized spacial score (nSPS) is 20.8. The molecule has 2 amide bonds. The largest absolute Gasteiger partial charge is 0.508 e. The van der Waals surface area contributed by atoms with Gasteiger partial charge in [0, 0.05) is 17.6 Å². The van der Waals surface area contributed by atoms with E-state index in [1.807, 2.05) is 12.1 Å². The van der Waals surface area contributed by atoms with E-state index in [0.29, 0.717) is 18.2 Å². The van der Waals surface area contributed by atoms with Crippen LogP contribution in [0.5, 0.6) is 5.75 Å². The summed E-state index contributed by atoms with van der Waals surface area (Å²) in [6.45, 7) is 0. The number of phenols is 1. The van der Waals surface area contributed by atoms with E-state index in [-0.39, 0.29) is 12.1 Å². The Morgan fingerprint density at radius 1 is 0.958 bits per heavy atom. The number of hydrogen-bond donors (Lipinski definition) is 3. The Kier molecular flexibility index (Phi) is 4.05. The molecule has 3 N–H and O–H groups in total. The first kappa shape index (κ1) is 15.3. The number of benzene rings is 2. The average Bonchev–Trinajstić information content (AvgIpc) is 2.59. The number of carbonyl (C=O) groups is 1. The molecule has 1 atom stereocenters. The van der Waals surface area contributed by atoms with Crippen molar-refractivity contribution in [1.29, 1.82) is 0 Å². The van der Waals surface area contributed by atoms with E-state index in [0.717, 1.165) is 35.6 Å². The maximum absolute atomic E-state index is 12.3. The Labute approximate surface area is 142 Å². The summed E-state index contributed by atoms with van der Waals surface area (Å²) in [7, 11) is 0. The Morgan fingerprint density at radius 3 is 2.58 bits per heavy atom. The molecule has 2 aromatic rings. The van der Waals surface area contributed by atoms with Crippen LogP contribution in [0.15, 0.2) is 30.3 Å². The molecular formula is C20H24N2O2. The first-order valence-corrected chi connectivity index (χ1v) is 9.00. The topological polar surface area (TPSA) is 61.4 Å². The maximum atomic E-state index is 12.3. The summed E-state index contributed by atoms with van der Waals surface area (Å²) in [6, 6.07) is 10.2. The van der Waals surface area contributed by atoms with Crippen LogP contribution in [0, 0.1) is 0 Å². The number of rotatable bonds is 2. The molecular weight excluding hydrogens is 300 g/mol. The van der Waals surface area contributed by atoms with Crippen molar-refractivity contribution in [2.45, 2.75) is 57.0 Å². The van der Waals surface area contributed by atoms with Crippen LogP contribution >= 0.6 is 0 Å². The van der Waals surface area contributed by atoms with Gasteiger partial charge in [0.15, 0.2) is 0 Å². The predicted octanol–water partition coefficient (Wildman–Crippen LogP) is 3.64. The molecule has 0 heterocycles. The highest BCUT2D eigenvalue weighted by molar-refractivity contribution is 5.91. The number of nitrogens with one attached hydrogen (secondary N) is 2. The zero-order valence-corrected chi connectivity index (χ0v) is 13.8. The molecule has 2 aromatic carbocycles. The molecule has 0 bridgehead atoms. The molecule has 4 rings (SSSR count). The molecule has 0 radical (unpaired) electrons. The van der Waals surface area contributed by atoms with Crippen LogP contribution in [0.4, 0.5) is 4.79 Å². The lowest BCUT2D eigenvalue weighted by atomic mass is 9.85. The molecule has 0 aliphatic heterocycles. The third-order valence-electron chi connectivity index (χ3n) is 5.41. The second kappa shape index (κ2) is 6.34. The molecule has 24 heavy (non-hydrogen) atoms. The first-order chi connectivity index (χ1) is 11.7. The van der Waals surface area contributed by atoms with Crippen molar-refractivity contribution in [3.63, 3.8) is 0 Å². The number of carbonyl (C=O) groups excluding carboxylic acids is 1. The van der Waals surface area contributed by atoms with Crippen molar-refractivity contribution in [3.8, 4) is 5.75 Å². The van der Waals surface area contributed by atoms with Gasteiger partial charge in [0.05, 0.1) is 0 Å². The molecule has 0 aromatic heterocycles. The van der Waals surface area contributed by atoms with Gasteiger partial charge in [-0.3, -0.25) is 0 Å². The van der Waals surface area contributed by atoms with Gasteiger partial charge in [-0.2, -0.15) is 0 Å².